The van der Waals surface area contributed by atoms with Crippen molar-refractivity contribution in [3.05, 3.63) is 98.0 Å². The fourth-order valence-electron chi connectivity index (χ4n) is 4.08. The van der Waals surface area contributed by atoms with Gasteiger partial charge in [-0.2, -0.15) is 0 Å². The van der Waals surface area contributed by atoms with Crippen molar-refractivity contribution in [3.63, 3.8) is 0 Å². The van der Waals surface area contributed by atoms with E-state index >= 15 is 0 Å². The van der Waals surface area contributed by atoms with Crippen LogP contribution >= 0.6 is 27.5 Å². The number of hydrogen-bond donors (Lipinski definition) is 3. The highest BCUT2D eigenvalue weighted by Gasteiger charge is 2.20. The number of benzene rings is 3. The Kier molecular flexibility index (Phi) is 6.68. The third-order valence-electron chi connectivity index (χ3n) is 5.78. The number of carbonyl (C=O) groups is 2. The number of aromatic amines is 1. The summed E-state index contributed by atoms with van der Waals surface area (Å²) >= 11 is 9.67. The van der Waals surface area contributed by atoms with Crippen molar-refractivity contribution in [2.45, 2.75) is 6.42 Å². The molecule has 0 radical (unpaired) electrons. The summed E-state index contributed by atoms with van der Waals surface area (Å²) in [5, 5.41) is 10.7. The fourth-order valence-corrected chi connectivity index (χ4v) is 4.69. The Labute approximate surface area is 223 Å². The normalized spacial score (nSPS) is 11.0. The SMILES string of the molecule is Cn1c(C(=O)Nc2ccc(Cl)cc2-c2noc(=O)[nH]2)cc2c(Br)ccc(NC(=O)Cc3ccccc3)c21. The monoisotopic (exact) mass is 579 g/mol. The zero-order valence-corrected chi connectivity index (χ0v) is 21.7. The van der Waals surface area contributed by atoms with Crippen LogP contribution in [0.5, 0.6) is 0 Å². The van der Waals surface area contributed by atoms with Gasteiger partial charge in [-0.3, -0.25) is 19.1 Å². The van der Waals surface area contributed by atoms with E-state index in [1.54, 1.807) is 41.9 Å². The highest BCUT2D eigenvalue weighted by atomic mass is 79.9. The van der Waals surface area contributed by atoms with Crippen LogP contribution in [0.15, 0.2) is 80.5 Å². The minimum Gasteiger partial charge on any atom is -0.338 e. The molecule has 0 aliphatic carbocycles. The van der Waals surface area contributed by atoms with Crippen LogP contribution in [-0.4, -0.2) is 26.5 Å². The van der Waals surface area contributed by atoms with Gasteiger partial charge >= 0.3 is 5.76 Å². The lowest BCUT2D eigenvalue weighted by molar-refractivity contribution is -0.115. The van der Waals surface area contributed by atoms with E-state index in [4.69, 9.17) is 11.6 Å². The third kappa shape index (κ3) is 5.07. The highest BCUT2D eigenvalue weighted by molar-refractivity contribution is 9.10. The molecule has 0 atom stereocenters. The number of rotatable bonds is 6. The van der Waals surface area contributed by atoms with Gasteiger partial charge in [0.25, 0.3) is 5.91 Å². The van der Waals surface area contributed by atoms with Crippen molar-refractivity contribution in [2.24, 2.45) is 7.05 Å². The smallest absolute Gasteiger partial charge is 0.338 e. The number of H-pyrrole nitrogens is 1. The number of fused-ring (bicyclic) bond motifs is 1. The van der Waals surface area contributed by atoms with Crippen LogP contribution in [-0.2, 0) is 18.3 Å². The summed E-state index contributed by atoms with van der Waals surface area (Å²) in [7, 11) is 1.74. The van der Waals surface area contributed by atoms with Crippen LogP contribution in [0.1, 0.15) is 16.1 Å². The number of nitrogens with one attached hydrogen (secondary N) is 3. The maximum atomic E-state index is 13.4. The molecule has 9 nitrogen and oxygen atoms in total. The Morgan fingerprint density at radius 3 is 2.54 bits per heavy atom. The second-order valence-electron chi connectivity index (χ2n) is 8.24. The molecule has 0 saturated carbocycles. The molecule has 186 valence electrons. The van der Waals surface area contributed by atoms with Crippen LogP contribution in [0.2, 0.25) is 5.02 Å². The molecule has 3 aromatic carbocycles. The average Bonchev–Trinajstić information content (AvgIpc) is 3.46. The third-order valence-corrected chi connectivity index (χ3v) is 6.71. The molecule has 3 N–H and O–H groups in total. The largest absolute Gasteiger partial charge is 0.439 e. The summed E-state index contributed by atoms with van der Waals surface area (Å²) in [4.78, 5) is 40.0. The molecule has 0 spiro atoms. The molecule has 2 aromatic heterocycles. The lowest BCUT2D eigenvalue weighted by Gasteiger charge is -2.12. The number of amides is 2. The number of nitrogens with zero attached hydrogens (tertiary/aromatic N) is 2. The van der Waals surface area contributed by atoms with E-state index in [9.17, 15) is 14.4 Å². The molecule has 2 heterocycles. The number of aromatic nitrogens is 3. The van der Waals surface area contributed by atoms with Gasteiger partial charge in [0.05, 0.1) is 23.3 Å². The van der Waals surface area contributed by atoms with E-state index in [1.807, 2.05) is 36.4 Å². The Bertz CT molecular complexity index is 1710. The number of halogens is 2. The molecule has 5 rings (SSSR count). The van der Waals surface area contributed by atoms with Crippen LogP contribution in [0.25, 0.3) is 22.3 Å². The van der Waals surface area contributed by atoms with Gasteiger partial charge in [0.1, 0.15) is 5.69 Å². The van der Waals surface area contributed by atoms with Gasteiger partial charge in [-0.05, 0) is 42.0 Å². The predicted octanol–water partition coefficient (Wildman–Crippen LogP) is 5.37. The van der Waals surface area contributed by atoms with Crippen molar-refractivity contribution in [3.8, 4) is 11.4 Å². The molecule has 37 heavy (non-hydrogen) atoms. The number of carbonyl (C=O) groups excluding carboxylic acids is 2. The van der Waals surface area contributed by atoms with Gasteiger partial charge in [-0.1, -0.05) is 63.0 Å². The number of anilines is 2. The second kappa shape index (κ2) is 10.1. The first-order chi connectivity index (χ1) is 17.8. The molecule has 0 unspecified atom stereocenters. The molecule has 0 bridgehead atoms. The first kappa shape index (κ1) is 24.5. The van der Waals surface area contributed by atoms with Gasteiger partial charge in [0, 0.05) is 27.5 Å². The summed E-state index contributed by atoms with van der Waals surface area (Å²) in [6, 6.07) is 19.6. The molecule has 5 aromatic rings. The summed E-state index contributed by atoms with van der Waals surface area (Å²) < 4.78 is 7.08. The number of hydrogen-bond acceptors (Lipinski definition) is 5. The van der Waals surface area contributed by atoms with Crippen molar-refractivity contribution >= 4 is 61.6 Å². The lowest BCUT2D eigenvalue weighted by atomic mass is 10.1. The molecule has 11 heteroatoms. The van der Waals surface area contributed by atoms with E-state index in [1.165, 1.54) is 0 Å². The zero-order chi connectivity index (χ0) is 26.1. The molecular weight excluding hydrogens is 562 g/mol. The summed E-state index contributed by atoms with van der Waals surface area (Å²) in [6.45, 7) is 0. The minimum absolute atomic E-state index is 0.131. The van der Waals surface area contributed by atoms with E-state index < -0.39 is 11.7 Å². The van der Waals surface area contributed by atoms with Crippen LogP contribution in [0.4, 0.5) is 11.4 Å². The average molecular weight is 581 g/mol. The predicted molar refractivity (Wildman–Crippen MR) is 145 cm³/mol. The van der Waals surface area contributed by atoms with E-state index in [-0.39, 0.29) is 18.2 Å². The molecule has 2 amide bonds. The first-order valence-electron chi connectivity index (χ1n) is 11.1. The molecule has 0 fully saturated rings. The van der Waals surface area contributed by atoms with Crippen molar-refractivity contribution in [1.82, 2.24) is 14.7 Å². The first-order valence-corrected chi connectivity index (χ1v) is 12.3. The van der Waals surface area contributed by atoms with Gasteiger partial charge in [0.2, 0.25) is 5.91 Å². The zero-order valence-electron chi connectivity index (χ0n) is 19.3. The topological polar surface area (TPSA) is 122 Å². The maximum Gasteiger partial charge on any atom is 0.439 e. The van der Waals surface area contributed by atoms with Gasteiger partial charge in [0.15, 0.2) is 5.82 Å². The lowest BCUT2D eigenvalue weighted by Crippen LogP contribution is -2.17. The highest BCUT2D eigenvalue weighted by Crippen LogP contribution is 2.34. The summed E-state index contributed by atoms with van der Waals surface area (Å²) in [6.07, 6.45) is 0.222. The second-order valence-corrected chi connectivity index (χ2v) is 9.53. The number of aryl methyl sites for hydroxylation is 1. The molecule has 0 aliphatic rings. The Balaban J connectivity index is 1.47. The Hall–Kier alpha value is -4.15. The van der Waals surface area contributed by atoms with Gasteiger partial charge in [-0.15, -0.1) is 0 Å². The maximum absolute atomic E-state index is 13.4. The van der Waals surface area contributed by atoms with Gasteiger partial charge < -0.3 is 15.2 Å². The van der Waals surface area contributed by atoms with Crippen LogP contribution in [0, 0.1) is 0 Å². The van der Waals surface area contributed by atoms with Crippen LogP contribution < -0.4 is 16.4 Å². The van der Waals surface area contributed by atoms with Crippen molar-refractivity contribution < 1.29 is 14.1 Å². The Morgan fingerprint density at radius 1 is 1.05 bits per heavy atom. The van der Waals surface area contributed by atoms with Crippen molar-refractivity contribution in [2.75, 3.05) is 10.6 Å². The summed E-state index contributed by atoms with van der Waals surface area (Å²) in [5.74, 6) is -1.19. The standard InChI is InChI=1S/C26H19BrClN5O4/c1-33-21(25(35)30-19-9-7-15(28)12-17(19)24-31-26(36)37-32-24)13-16-18(27)8-10-20(23(16)33)29-22(34)11-14-5-3-2-4-6-14/h2-10,12-13H,11H2,1H3,(H,29,34)(H,30,35)(H,31,32,36). The summed E-state index contributed by atoms with van der Waals surface area (Å²) in [5.41, 5.74) is 3.26. The molecule has 0 aliphatic heterocycles. The molecule has 0 saturated heterocycles. The van der Waals surface area contributed by atoms with E-state index in [2.05, 4.69) is 41.2 Å². The Morgan fingerprint density at radius 2 is 1.81 bits per heavy atom. The fraction of sp³-hybridized carbons (Fsp3) is 0.0769. The van der Waals surface area contributed by atoms with Crippen LogP contribution in [0.3, 0.4) is 0 Å². The van der Waals surface area contributed by atoms with E-state index in [0.29, 0.717) is 33.2 Å². The minimum atomic E-state index is -0.729. The quantitative estimate of drug-likeness (QED) is 0.249. The van der Waals surface area contributed by atoms with E-state index in [0.717, 1.165) is 15.4 Å². The van der Waals surface area contributed by atoms with Gasteiger partial charge in [-0.25, -0.2) is 4.79 Å². The molecular formula is C26H19BrClN5O4. The van der Waals surface area contributed by atoms with Crippen molar-refractivity contribution in [1.29, 1.82) is 0 Å².